The molecule has 0 aliphatic rings. The van der Waals surface area contributed by atoms with Crippen LogP contribution in [-0.2, 0) is 16.6 Å². The predicted octanol–water partition coefficient (Wildman–Crippen LogP) is 2.68. The molecule has 0 unspecified atom stereocenters. The SMILES string of the molecule is CCN(c1ccccc1)S(=O)(=O)c1cc(CNC)cs1. The van der Waals surface area contributed by atoms with E-state index in [2.05, 4.69) is 5.32 Å². The lowest BCUT2D eigenvalue weighted by molar-refractivity contribution is 0.594. The Hall–Kier alpha value is -1.37. The van der Waals surface area contributed by atoms with Gasteiger partial charge in [-0.15, -0.1) is 11.3 Å². The Morgan fingerprint density at radius 3 is 2.55 bits per heavy atom. The lowest BCUT2D eigenvalue weighted by Crippen LogP contribution is -2.30. The van der Waals surface area contributed by atoms with Gasteiger partial charge in [-0.3, -0.25) is 4.31 Å². The van der Waals surface area contributed by atoms with Crippen LogP contribution in [0.1, 0.15) is 12.5 Å². The van der Waals surface area contributed by atoms with Crippen molar-refractivity contribution in [3.05, 3.63) is 47.3 Å². The first kappa shape index (κ1) is 15.0. The highest BCUT2D eigenvalue weighted by molar-refractivity contribution is 7.94. The first-order valence-electron chi connectivity index (χ1n) is 6.39. The zero-order valence-electron chi connectivity index (χ0n) is 11.5. The van der Waals surface area contributed by atoms with Crippen molar-refractivity contribution in [1.29, 1.82) is 0 Å². The van der Waals surface area contributed by atoms with Crippen LogP contribution >= 0.6 is 11.3 Å². The van der Waals surface area contributed by atoms with Gasteiger partial charge in [0.25, 0.3) is 10.0 Å². The van der Waals surface area contributed by atoms with Crippen LogP contribution in [-0.4, -0.2) is 22.0 Å². The van der Waals surface area contributed by atoms with E-state index in [4.69, 9.17) is 0 Å². The van der Waals surface area contributed by atoms with Crippen molar-refractivity contribution in [2.45, 2.75) is 17.7 Å². The summed E-state index contributed by atoms with van der Waals surface area (Å²) in [6.45, 7) is 2.92. The van der Waals surface area contributed by atoms with Gasteiger partial charge in [0.15, 0.2) is 0 Å². The molecule has 0 saturated carbocycles. The van der Waals surface area contributed by atoms with Gasteiger partial charge < -0.3 is 5.32 Å². The van der Waals surface area contributed by atoms with Crippen LogP contribution in [0, 0.1) is 0 Å². The van der Waals surface area contributed by atoms with Crippen LogP contribution in [0.25, 0.3) is 0 Å². The fraction of sp³-hybridized carbons (Fsp3) is 0.286. The fourth-order valence-electron chi connectivity index (χ4n) is 1.98. The van der Waals surface area contributed by atoms with Crippen LogP contribution in [0.2, 0.25) is 0 Å². The molecule has 0 atom stereocenters. The van der Waals surface area contributed by atoms with E-state index < -0.39 is 10.0 Å². The van der Waals surface area contributed by atoms with E-state index >= 15 is 0 Å². The van der Waals surface area contributed by atoms with Crippen molar-refractivity contribution < 1.29 is 8.42 Å². The van der Waals surface area contributed by atoms with Crippen LogP contribution in [0.3, 0.4) is 0 Å². The molecule has 1 aromatic carbocycles. The van der Waals surface area contributed by atoms with Crippen molar-refractivity contribution in [3.8, 4) is 0 Å². The molecule has 0 saturated heterocycles. The summed E-state index contributed by atoms with van der Waals surface area (Å²) < 4.78 is 27.2. The minimum Gasteiger partial charge on any atom is -0.316 e. The maximum absolute atomic E-state index is 12.7. The number of nitrogens with one attached hydrogen (secondary N) is 1. The Labute approximate surface area is 124 Å². The van der Waals surface area contributed by atoms with E-state index in [-0.39, 0.29) is 0 Å². The molecule has 1 aromatic heterocycles. The van der Waals surface area contributed by atoms with Crippen LogP contribution < -0.4 is 9.62 Å². The van der Waals surface area contributed by atoms with Gasteiger partial charge in [0.1, 0.15) is 4.21 Å². The Bertz CT molecular complexity index is 651. The number of sulfonamides is 1. The number of anilines is 1. The summed E-state index contributed by atoms with van der Waals surface area (Å²) in [7, 11) is -1.64. The molecule has 1 N–H and O–H groups in total. The summed E-state index contributed by atoms with van der Waals surface area (Å²) in [5, 5.41) is 4.90. The smallest absolute Gasteiger partial charge is 0.273 e. The molecule has 2 aromatic rings. The summed E-state index contributed by atoms with van der Waals surface area (Å²) in [6, 6.07) is 10.9. The fourth-order valence-corrected chi connectivity index (χ4v) is 4.78. The first-order valence-corrected chi connectivity index (χ1v) is 8.71. The maximum Gasteiger partial charge on any atom is 0.273 e. The molecule has 0 radical (unpaired) electrons. The van der Waals surface area contributed by atoms with Crippen molar-refractivity contribution in [3.63, 3.8) is 0 Å². The molecule has 0 aliphatic carbocycles. The number of thiophene rings is 1. The van der Waals surface area contributed by atoms with E-state index in [1.165, 1.54) is 15.6 Å². The van der Waals surface area contributed by atoms with Crippen LogP contribution in [0.4, 0.5) is 5.69 Å². The third-order valence-electron chi connectivity index (χ3n) is 2.89. The van der Waals surface area contributed by atoms with Gasteiger partial charge in [0, 0.05) is 13.1 Å². The van der Waals surface area contributed by atoms with Crippen molar-refractivity contribution in [2.24, 2.45) is 0 Å². The van der Waals surface area contributed by atoms with Crippen LogP contribution in [0.5, 0.6) is 0 Å². The Kier molecular flexibility index (Phi) is 4.80. The monoisotopic (exact) mass is 310 g/mol. The zero-order valence-corrected chi connectivity index (χ0v) is 13.2. The molecule has 1 heterocycles. The summed E-state index contributed by atoms with van der Waals surface area (Å²) in [5.74, 6) is 0. The standard InChI is InChI=1S/C14H18N2O2S2/c1-3-16(13-7-5-4-6-8-13)20(17,18)14-9-12(10-15-2)11-19-14/h4-9,11,15H,3,10H2,1-2H3. The van der Waals surface area contributed by atoms with Gasteiger partial charge in [-0.05, 0) is 43.1 Å². The first-order chi connectivity index (χ1) is 9.59. The number of para-hydroxylation sites is 1. The molecule has 0 spiro atoms. The molecule has 20 heavy (non-hydrogen) atoms. The Morgan fingerprint density at radius 2 is 1.95 bits per heavy atom. The molecule has 0 bridgehead atoms. The highest BCUT2D eigenvalue weighted by Gasteiger charge is 2.25. The number of nitrogens with zero attached hydrogens (tertiary/aromatic N) is 1. The molecule has 4 nitrogen and oxygen atoms in total. The lowest BCUT2D eigenvalue weighted by atomic mass is 10.3. The van der Waals surface area contributed by atoms with Crippen molar-refractivity contribution in [1.82, 2.24) is 5.32 Å². The topological polar surface area (TPSA) is 49.4 Å². The normalized spacial score (nSPS) is 11.5. The van der Waals surface area contributed by atoms with Crippen molar-refractivity contribution in [2.75, 3.05) is 17.9 Å². The third-order valence-corrected chi connectivity index (χ3v) is 6.25. The van der Waals surface area contributed by atoms with Gasteiger partial charge in [-0.1, -0.05) is 18.2 Å². The van der Waals surface area contributed by atoms with E-state index in [9.17, 15) is 8.42 Å². The van der Waals surface area contributed by atoms with E-state index in [0.717, 1.165) is 5.56 Å². The third kappa shape index (κ3) is 3.03. The summed E-state index contributed by atoms with van der Waals surface area (Å²) in [4.78, 5) is 0. The summed E-state index contributed by atoms with van der Waals surface area (Å²) in [6.07, 6.45) is 0. The largest absolute Gasteiger partial charge is 0.316 e. The van der Waals surface area contributed by atoms with Gasteiger partial charge in [0.05, 0.1) is 5.69 Å². The van der Waals surface area contributed by atoms with Gasteiger partial charge >= 0.3 is 0 Å². The second-order valence-electron chi connectivity index (χ2n) is 4.31. The highest BCUT2D eigenvalue weighted by atomic mass is 32.2. The van der Waals surface area contributed by atoms with Crippen LogP contribution in [0.15, 0.2) is 46.0 Å². The average Bonchev–Trinajstić information content (AvgIpc) is 2.90. The number of hydrogen-bond acceptors (Lipinski definition) is 4. The molecule has 0 aliphatic heterocycles. The molecule has 108 valence electrons. The second kappa shape index (κ2) is 6.39. The minimum absolute atomic E-state index is 0.383. The zero-order chi connectivity index (χ0) is 14.6. The molecule has 6 heteroatoms. The van der Waals surface area contributed by atoms with Gasteiger partial charge in [0.2, 0.25) is 0 Å². The quantitative estimate of drug-likeness (QED) is 0.892. The molecular weight excluding hydrogens is 292 g/mol. The second-order valence-corrected chi connectivity index (χ2v) is 7.31. The minimum atomic E-state index is -3.48. The molecule has 2 rings (SSSR count). The average molecular weight is 310 g/mol. The predicted molar refractivity (Wildman–Crippen MR) is 83.7 cm³/mol. The van der Waals surface area contributed by atoms with E-state index in [1.54, 1.807) is 6.07 Å². The number of hydrogen-bond donors (Lipinski definition) is 1. The number of rotatable bonds is 6. The Balaban J connectivity index is 2.36. The van der Waals surface area contributed by atoms with Gasteiger partial charge in [-0.25, -0.2) is 8.42 Å². The van der Waals surface area contributed by atoms with E-state index in [1.807, 2.05) is 49.7 Å². The number of benzene rings is 1. The maximum atomic E-state index is 12.7. The molecule has 0 amide bonds. The van der Waals surface area contributed by atoms with Gasteiger partial charge in [-0.2, -0.15) is 0 Å². The van der Waals surface area contributed by atoms with E-state index in [0.29, 0.717) is 23.0 Å². The lowest BCUT2D eigenvalue weighted by Gasteiger charge is -2.21. The van der Waals surface area contributed by atoms with Crippen molar-refractivity contribution >= 4 is 27.0 Å². The summed E-state index contributed by atoms with van der Waals surface area (Å²) in [5.41, 5.74) is 1.68. The highest BCUT2D eigenvalue weighted by Crippen LogP contribution is 2.27. The molecular formula is C14H18N2O2S2. The summed E-state index contributed by atoms with van der Waals surface area (Å²) >= 11 is 1.27. The Morgan fingerprint density at radius 1 is 1.25 bits per heavy atom. The molecule has 0 fully saturated rings.